The Labute approximate surface area is 97.6 Å². The quantitative estimate of drug-likeness (QED) is 0.723. The summed E-state index contributed by atoms with van der Waals surface area (Å²) in [5.41, 5.74) is 2.46. The Morgan fingerprint density at radius 2 is 1.44 bits per heavy atom. The van der Waals surface area contributed by atoms with E-state index in [0.717, 1.165) is 18.8 Å². The molecule has 0 aliphatic carbocycles. The molecule has 0 N–H and O–H groups in total. The number of aryl methyl sites for hydroxylation is 1. The second-order valence-electron chi connectivity index (χ2n) is 5.55. The Kier molecular flexibility index (Phi) is 2.81. The minimum Gasteiger partial charge on any atom is -0.345 e. The van der Waals surface area contributed by atoms with Crippen molar-refractivity contribution in [2.24, 2.45) is 5.41 Å². The lowest BCUT2D eigenvalue weighted by Crippen LogP contribution is -2.43. The molecule has 2 rings (SSSR count). The lowest BCUT2D eigenvalue weighted by Gasteiger charge is -2.41. The van der Waals surface area contributed by atoms with Crippen molar-refractivity contribution in [3.8, 4) is 0 Å². The average Bonchev–Trinajstić information content (AvgIpc) is 2.24. The van der Waals surface area contributed by atoms with Gasteiger partial charge >= 0.3 is 0 Å². The smallest absolute Gasteiger partial charge is 0.191 e. The molecule has 0 atom stereocenters. The van der Waals surface area contributed by atoms with Gasteiger partial charge in [-0.25, -0.2) is 0 Å². The molecule has 2 nitrogen and oxygen atoms in total. The van der Waals surface area contributed by atoms with Crippen molar-refractivity contribution in [2.45, 2.75) is 33.5 Å². The molecular formula is C14H20O2. The van der Waals surface area contributed by atoms with E-state index in [9.17, 15) is 0 Å². The van der Waals surface area contributed by atoms with E-state index in [-0.39, 0.29) is 5.41 Å². The van der Waals surface area contributed by atoms with E-state index in [1.165, 1.54) is 5.56 Å². The minimum absolute atomic E-state index is 0.115. The van der Waals surface area contributed by atoms with Crippen LogP contribution in [0, 0.1) is 12.3 Å². The van der Waals surface area contributed by atoms with Crippen molar-refractivity contribution >= 4 is 0 Å². The van der Waals surface area contributed by atoms with Crippen LogP contribution in [0.4, 0.5) is 0 Å². The third kappa shape index (κ3) is 2.28. The van der Waals surface area contributed by atoms with Crippen molar-refractivity contribution in [1.82, 2.24) is 0 Å². The first kappa shape index (κ1) is 11.6. The van der Waals surface area contributed by atoms with Gasteiger partial charge in [0.25, 0.3) is 0 Å². The molecule has 2 heteroatoms. The lowest BCUT2D eigenvalue weighted by atomic mass is 9.93. The Hall–Kier alpha value is -0.860. The minimum atomic E-state index is -0.580. The Morgan fingerprint density at radius 3 is 1.94 bits per heavy atom. The van der Waals surface area contributed by atoms with Gasteiger partial charge in [-0.1, -0.05) is 43.7 Å². The van der Waals surface area contributed by atoms with Gasteiger partial charge in [0.2, 0.25) is 0 Å². The second kappa shape index (κ2) is 3.86. The lowest BCUT2D eigenvalue weighted by molar-refractivity contribution is -0.298. The van der Waals surface area contributed by atoms with Gasteiger partial charge in [0, 0.05) is 11.0 Å². The normalized spacial score (nSPS) is 23.0. The zero-order valence-corrected chi connectivity index (χ0v) is 10.5. The molecule has 1 heterocycles. The highest BCUT2D eigenvalue weighted by molar-refractivity contribution is 5.25. The molecule has 1 fully saturated rings. The highest BCUT2D eigenvalue weighted by Crippen LogP contribution is 2.35. The van der Waals surface area contributed by atoms with Crippen LogP contribution >= 0.6 is 0 Å². The highest BCUT2D eigenvalue weighted by Gasteiger charge is 2.37. The summed E-state index contributed by atoms with van der Waals surface area (Å²) in [7, 11) is 0. The summed E-state index contributed by atoms with van der Waals surface area (Å²) < 4.78 is 11.8. The van der Waals surface area contributed by atoms with Crippen LogP contribution in [0.1, 0.15) is 31.9 Å². The van der Waals surface area contributed by atoms with E-state index in [0.29, 0.717) is 0 Å². The average molecular weight is 220 g/mol. The largest absolute Gasteiger partial charge is 0.345 e. The van der Waals surface area contributed by atoms with Crippen LogP contribution in [0.3, 0.4) is 0 Å². The molecule has 0 bridgehead atoms. The molecule has 16 heavy (non-hydrogen) atoms. The summed E-state index contributed by atoms with van der Waals surface area (Å²) in [6, 6.07) is 8.33. The Balaban J connectivity index is 2.18. The van der Waals surface area contributed by atoms with Gasteiger partial charge in [0.1, 0.15) is 0 Å². The molecule has 1 saturated heterocycles. The maximum Gasteiger partial charge on any atom is 0.191 e. The van der Waals surface area contributed by atoms with Crippen molar-refractivity contribution in [2.75, 3.05) is 13.2 Å². The van der Waals surface area contributed by atoms with Gasteiger partial charge in [0.05, 0.1) is 13.2 Å². The standard InChI is InChI=1S/C14H20O2/c1-11-5-7-12(8-6-11)14(4)15-9-13(2,3)10-16-14/h5-8H,9-10H2,1-4H3. The zero-order chi connectivity index (χ0) is 11.8. The zero-order valence-electron chi connectivity index (χ0n) is 10.5. The number of benzene rings is 1. The van der Waals surface area contributed by atoms with Gasteiger partial charge in [-0.2, -0.15) is 0 Å². The van der Waals surface area contributed by atoms with Crippen LogP contribution < -0.4 is 0 Å². The van der Waals surface area contributed by atoms with Gasteiger partial charge in [-0.15, -0.1) is 0 Å². The molecule has 0 amide bonds. The maximum atomic E-state index is 5.88. The fourth-order valence-corrected chi connectivity index (χ4v) is 1.77. The number of hydrogen-bond donors (Lipinski definition) is 0. The third-order valence-corrected chi connectivity index (χ3v) is 3.05. The highest BCUT2D eigenvalue weighted by atomic mass is 16.7. The molecule has 0 unspecified atom stereocenters. The summed E-state index contributed by atoms with van der Waals surface area (Å²) in [6.07, 6.45) is 0. The maximum absolute atomic E-state index is 5.88. The molecule has 88 valence electrons. The van der Waals surface area contributed by atoms with Crippen LogP contribution in [-0.4, -0.2) is 13.2 Å². The van der Waals surface area contributed by atoms with E-state index in [1.54, 1.807) is 0 Å². The first-order chi connectivity index (χ1) is 7.41. The van der Waals surface area contributed by atoms with Crippen molar-refractivity contribution in [3.05, 3.63) is 35.4 Å². The molecule has 0 aromatic heterocycles. The fraction of sp³-hybridized carbons (Fsp3) is 0.571. The number of rotatable bonds is 1. The van der Waals surface area contributed by atoms with Gasteiger partial charge < -0.3 is 9.47 Å². The first-order valence-electron chi connectivity index (χ1n) is 5.76. The molecule has 0 radical (unpaired) electrons. The van der Waals surface area contributed by atoms with Gasteiger partial charge in [-0.3, -0.25) is 0 Å². The van der Waals surface area contributed by atoms with E-state index in [4.69, 9.17) is 9.47 Å². The molecule has 1 aromatic carbocycles. The summed E-state index contributed by atoms with van der Waals surface area (Å²) in [4.78, 5) is 0. The monoisotopic (exact) mass is 220 g/mol. The van der Waals surface area contributed by atoms with Crippen LogP contribution in [0.15, 0.2) is 24.3 Å². The van der Waals surface area contributed by atoms with Crippen LogP contribution in [0.2, 0.25) is 0 Å². The summed E-state index contributed by atoms with van der Waals surface area (Å²) in [5.74, 6) is -0.580. The first-order valence-corrected chi connectivity index (χ1v) is 5.76. The molecule has 1 aliphatic rings. The van der Waals surface area contributed by atoms with Crippen molar-refractivity contribution in [3.63, 3.8) is 0 Å². The van der Waals surface area contributed by atoms with Crippen molar-refractivity contribution in [1.29, 1.82) is 0 Å². The molecule has 1 aliphatic heterocycles. The van der Waals surface area contributed by atoms with Gasteiger partial charge in [0.15, 0.2) is 5.79 Å². The number of hydrogen-bond acceptors (Lipinski definition) is 2. The van der Waals surface area contributed by atoms with E-state index in [2.05, 4.69) is 45.0 Å². The molecular weight excluding hydrogens is 200 g/mol. The SMILES string of the molecule is Cc1ccc(C2(C)OCC(C)(C)CO2)cc1. The fourth-order valence-electron chi connectivity index (χ4n) is 1.77. The van der Waals surface area contributed by atoms with Crippen LogP contribution in [-0.2, 0) is 15.3 Å². The molecule has 1 aromatic rings. The van der Waals surface area contributed by atoms with E-state index in [1.807, 2.05) is 6.92 Å². The van der Waals surface area contributed by atoms with Crippen LogP contribution in [0.25, 0.3) is 0 Å². The van der Waals surface area contributed by atoms with Crippen LogP contribution in [0.5, 0.6) is 0 Å². The topological polar surface area (TPSA) is 18.5 Å². The van der Waals surface area contributed by atoms with E-state index >= 15 is 0 Å². The van der Waals surface area contributed by atoms with Crippen molar-refractivity contribution < 1.29 is 9.47 Å². The molecule has 0 saturated carbocycles. The van der Waals surface area contributed by atoms with E-state index < -0.39 is 5.79 Å². The predicted molar refractivity (Wildman–Crippen MR) is 64.2 cm³/mol. The summed E-state index contributed by atoms with van der Waals surface area (Å²) in [5, 5.41) is 0. The Morgan fingerprint density at radius 1 is 0.938 bits per heavy atom. The van der Waals surface area contributed by atoms with Gasteiger partial charge in [-0.05, 0) is 13.8 Å². The third-order valence-electron chi connectivity index (χ3n) is 3.05. The Bertz CT molecular complexity index is 355. The summed E-state index contributed by atoms with van der Waals surface area (Å²) in [6.45, 7) is 9.85. The number of ether oxygens (including phenoxy) is 2. The predicted octanol–water partition coefficient (Wildman–Crippen LogP) is 3.24. The second-order valence-corrected chi connectivity index (χ2v) is 5.55. The molecule has 0 spiro atoms. The summed E-state index contributed by atoms with van der Waals surface area (Å²) >= 11 is 0.